The van der Waals surface area contributed by atoms with Gasteiger partial charge in [0, 0.05) is 17.1 Å². The maximum absolute atomic E-state index is 4.47. The molecule has 0 saturated carbocycles. The van der Waals surface area contributed by atoms with Crippen LogP contribution in [-0.4, -0.2) is 0 Å². The largest absolute Gasteiger partial charge is 0.310 e. The molecule has 0 spiro atoms. The Kier molecular flexibility index (Phi) is 9.84. The Morgan fingerprint density at radius 3 is 1.90 bits per heavy atom. The van der Waals surface area contributed by atoms with Crippen molar-refractivity contribution in [1.29, 1.82) is 0 Å². The Morgan fingerprint density at radius 2 is 1.32 bits per heavy atom. The van der Waals surface area contributed by atoms with E-state index in [1.165, 1.54) is 44.7 Å². The second kappa shape index (κ2) is 13.5. The predicted molar refractivity (Wildman–Crippen MR) is 180 cm³/mol. The molecule has 0 saturated heterocycles. The van der Waals surface area contributed by atoms with Gasteiger partial charge in [-0.15, -0.1) is 0 Å². The minimum Gasteiger partial charge on any atom is -0.310 e. The molecular formula is C40H45N. The summed E-state index contributed by atoms with van der Waals surface area (Å²) in [7, 11) is 0. The highest BCUT2D eigenvalue weighted by atomic mass is 15.1. The molecule has 4 rings (SSSR count). The number of rotatable bonds is 11. The zero-order valence-electron chi connectivity index (χ0n) is 25.7. The van der Waals surface area contributed by atoms with E-state index < -0.39 is 0 Å². The van der Waals surface area contributed by atoms with E-state index in [0.29, 0.717) is 0 Å². The summed E-state index contributed by atoms with van der Waals surface area (Å²) in [6, 6.07) is 35.3. The lowest BCUT2D eigenvalue weighted by molar-refractivity contribution is 0.532. The molecule has 1 heteroatoms. The van der Waals surface area contributed by atoms with Crippen LogP contribution < -0.4 is 4.90 Å². The first-order chi connectivity index (χ1) is 19.6. The summed E-state index contributed by atoms with van der Waals surface area (Å²) >= 11 is 0. The van der Waals surface area contributed by atoms with Gasteiger partial charge < -0.3 is 4.90 Å². The maximum Gasteiger partial charge on any atom is 0.0464 e. The third-order valence-corrected chi connectivity index (χ3v) is 7.74. The molecule has 1 nitrogen and oxygen atoms in total. The zero-order chi connectivity index (χ0) is 29.4. The van der Waals surface area contributed by atoms with Crippen LogP contribution in [0.3, 0.4) is 0 Å². The molecule has 0 aliphatic rings. The standard InChI is InChI=1S/C40H45N/c1-8-10-34(25-26-40(6,7)36-19-13-30(2)14-20-36)27-33(5)28-35-17-23-38(24-18-35)41(37-21-15-31(3)16-22-37)39-12-9-11-32(4)29-39/h8-25,29H,5,26-28H2,1-4,6-7H3/b10-8-,34-25+. The van der Waals surface area contributed by atoms with E-state index in [-0.39, 0.29) is 5.41 Å². The van der Waals surface area contributed by atoms with E-state index in [2.05, 4.69) is 168 Å². The van der Waals surface area contributed by atoms with Crippen molar-refractivity contribution >= 4 is 17.1 Å². The second-order valence-corrected chi connectivity index (χ2v) is 12.0. The van der Waals surface area contributed by atoms with Crippen molar-refractivity contribution in [2.75, 3.05) is 4.90 Å². The molecule has 0 bridgehead atoms. The molecule has 0 aliphatic carbocycles. The summed E-state index contributed by atoms with van der Waals surface area (Å²) in [5, 5.41) is 0. The first-order valence-corrected chi connectivity index (χ1v) is 14.7. The Balaban J connectivity index is 1.48. The summed E-state index contributed by atoms with van der Waals surface area (Å²) in [5.41, 5.74) is 12.6. The fourth-order valence-corrected chi connectivity index (χ4v) is 5.23. The summed E-state index contributed by atoms with van der Waals surface area (Å²) < 4.78 is 0. The average Bonchev–Trinajstić information content (AvgIpc) is 2.94. The Morgan fingerprint density at radius 1 is 0.732 bits per heavy atom. The lowest BCUT2D eigenvalue weighted by Gasteiger charge is -2.26. The molecule has 0 amide bonds. The summed E-state index contributed by atoms with van der Waals surface area (Å²) in [4.78, 5) is 2.33. The van der Waals surface area contributed by atoms with Gasteiger partial charge in [-0.25, -0.2) is 0 Å². The predicted octanol–water partition coefficient (Wildman–Crippen LogP) is 11.4. The van der Waals surface area contributed by atoms with E-state index in [1.807, 2.05) is 0 Å². The molecule has 0 aliphatic heterocycles. The van der Waals surface area contributed by atoms with Crippen LogP contribution >= 0.6 is 0 Å². The normalized spacial score (nSPS) is 12.1. The van der Waals surface area contributed by atoms with Crippen LogP contribution in [0.2, 0.25) is 0 Å². The third-order valence-electron chi connectivity index (χ3n) is 7.74. The monoisotopic (exact) mass is 539 g/mol. The molecule has 0 unspecified atom stereocenters. The van der Waals surface area contributed by atoms with Gasteiger partial charge in [0.25, 0.3) is 0 Å². The highest BCUT2D eigenvalue weighted by Gasteiger charge is 2.19. The van der Waals surface area contributed by atoms with Crippen LogP contribution in [0.1, 0.15) is 61.4 Å². The number of hydrogen-bond donors (Lipinski definition) is 0. The smallest absolute Gasteiger partial charge is 0.0464 e. The molecule has 41 heavy (non-hydrogen) atoms. The third kappa shape index (κ3) is 8.21. The SMILES string of the molecule is C=C(CC(/C=C\C)=C/CC(C)(C)c1ccc(C)cc1)Cc1ccc(N(c2ccc(C)cc2)c2cccc(C)c2)cc1. The number of allylic oxidation sites excluding steroid dienone is 5. The molecule has 0 N–H and O–H groups in total. The number of aryl methyl sites for hydroxylation is 3. The number of anilines is 3. The van der Waals surface area contributed by atoms with Crippen LogP contribution in [0.25, 0.3) is 0 Å². The Hall–Kier alpha value is -4.10. The van der Waals surface area contributed by atoms with Crippen molar-refractivity contribution in [2.24, 2.45) is 0 Å². The van der Waals surface area contributed by atoms with Crippen molar-refractivity contribution in [3.05, 3.63) is 161 Å². The van der Waals surface area contributed by atoms with Crippen molar-refractivity contribution < 1.29 is 0 Å². The van der Waals surface area contributed by atoms with Gasteiger partial charge in [0.2, 0.25) is 0 Å². The molecule has 210 valence electrons. The highest BCUT2D eigenvalue weighted by molar-refractivity contribution is 5.76. The molecule has 4 aromatic rings. The number of nitrogens with zero attached hydrogens (tertiary/aromatic N) is 1. The lowest BCUT2D eigenvalue weighted by Crippen LogP contribution is -2.16. The molecule has 0 aromatic heterocycles. The average molecular weight is 540 g/mol. The maximum atomic E-state index is 4.47. The van der Waals surface area contributed by atoms with Crippen molar-refractivity contribution in [3.63, 3.8) is 0 Å². The van der Waals surface area contributed by atoms with Gasteiger partial charge in [-0.05, 0) is 111 Å². The molecule has 0 fully saturated rings. The van der Waals surface area contributed by atoms with Gasteiger partial charge in [0.05, 0.1) is 0 Å². The van der Waals surface area contributed by atoms with Crippen molar-refractivity contribution in [2.45, 2.75) is 66.2 Å². The zero-order valence-corrected chi connectivity index (χ0v) is 25.7. The number of hydrogen-bond acceptors (Lipinski definition) is 1. The molecular weight excluding hydrogens is 494 g/mol. The van der Waals surface area contributed by atoms with E-state index in [1.54, 1.807) is 0 Å². The van der Waals surface area contributed by atoms with Crippen LogP contribution in [0.4, 0.5) is 17.1 Å². The van der Waals surface area contributed by atoms with Crippen LogP contribution in [0.5, 0.6) is 0 Å². The minimum absolute atomic E-state index is 0.0817. The molecule has 0 atom stereocenters. The fourth-order valence-electron chi connectivity index (χ4n) is 5.23. The second-order valence-electron chi connectivity index (χ2n) is 12.0. The van der Waals surface area contributed by atoms with E-state index in [9.17, 15) is 0 Å². The van der Waals surface area contributed by atoms with Crippen LogP contribution in [-0.2, 0) is 11.8 Å². The van der Waals surface area contributed by atoms with E-state index in [4.69, 9.17) is 0 Å². The molecule has 4 aromatic carbocycles. The van der Waals surface area contributed by atoms with Crippen molar-refractivity contribution in [3.8, 4) is 0 Å². The first-order valence-electron chi connectivity index (χ1n) is 14.7. The Bertz CT molecular complexity index is 1500. The lowest BCUT2D eigenvalue weighted by atomic mass is 9.80. The van der Waals surface area contributed by atoms with Crippen molar-refractivity contribution in [1.82, 2.24) is 0 Å². The Labute approximate surface area is 248 Å². The van der Waals surface area contributed by atoms with Gasteiger partial charge in [0.15, 0.2) is 0 Å². The van der Waals surface area contributed by atoms with Gasteiger partial charge in [-0.2, -0.15) is 0 Å². The summed E-state index contributed by atoms with van der Waals surface area (Å²) in [6.07, 6.45) is 9.51. The summed E-state index contributed by atoms with van der Waals surface area (Å²) in [6.45, 7) is 17.6. The van der Waals surface area contributed by atoms with Gasteiger partial charge in [-0.1, -0.05) is 116 Å². The van der Waals surface area contributed by atoms with Gasteiger partial charge in [0.1, 0.15) is 0 Å². The number of benzene rings is 4. The van der Waals surface area contributed by atoms with Crippen LogP contribution in [0.15, 0.2) is 133 Å². The fraction of sp³-hybridized carbons (Fsp3) is 0.250. The molecule has 0 radical (unpaired) electrons. The quantitative estimate of drug-likeness (QED) is 0.135. The topological polar surface area (TPSA) is 3.24 Å². The highest BCUT2D eigenvalue weighted by Crippen LogP contribution is 2.35. The van der Waals surface area contributed by atoms with Gasteiger partial charge >= 0.3 is 0 Å². The summed E-state index contributed by atoms with van der Waals surface area (Å²) in [5.74, 6) is 0. The van der Waals surface area contributed by atoms with E-state index >= 15 is 0 Å². The van der Waals surface area contributed by atoms with Crippen LogP contribution in [0, 0.1) is 20.8 Å². The first kappa shape index (κ1) is 29.9. The minimum atomic E-state index is 0.0817. The van der Waals surface area contributed by atoms with E-state index in [0.717, 1.165) is 30.6 Å². The van der Waals surface area contributed by atoms with Gasteiger partial charge in [-0.3, -0.25) is 0 Å². The molecule has 0 heterocycles.